The Morgan fingerprint density at radius 2 is 1.65 bits per heavy atom. The summed E-state index contributed by atoms with van der Waals surface area (Å²) in [7, 11) is 1.71. The van der Waals surface area contributed by atoms with E-state index in [1.54, 1.807) is 19.2 Å². The molecule has 0 unspecified atom stereocenters. The molecule has 0 spiro atoms. The van der Waals surface area contributed by atoms with Crippen molar-refractivity contribution in [2.24, 2.45) is 0 Å². The summed E-state index contributed by atoms with van der Waals surface area (Å²) in [5.74, 6) is 1.26. The van der Waals surface area contributed by atoms with Gasteiger partial charge in [-0.2, -0.15) is 0 Å². The standard InChI is InChI=1S/C28H32N2O4/c1-32-27-14-6-5-13-26(27)30-18-16-29(17-19-30)15-8-20-33-28(31)24-11-7-12-25(21-24)34-22-23-9-3-2-4-10-23/h2-7,9-14,21H,8,15-20,22H2,1H3. The number of ether oxygens (including phenoxy) is 3. The van der Waals surface area contributed by atoms with Crippen LogP contribution in [-0.4, -0.2) is 57.3 Å². The molecule has 6 heteroatoms. The molecule has 34 heavy (non-hydrogen) atoms. The van der Waals surface area contributed by atoms with Crippen molar-refractivity contribution in [3.8, 4) is 11.5 Å². The fourth-order valence-corrected chi connectivity index (χ4v) is 4.09. The maximum Gasteiger partial charge on any atom is 0.338 e. The second kappa shape index (κ2) is 12.1. The van der Waals surface area contributed by atoms with Crippen molar-refractivity contribution in [3.05, 3.63) is 90.0 Å². The monoisotopic (exact) mass is 460 g/mol. The van der Waals surface area contributed by atoms with E-state index >= 15 is 0 Å². The van der Waals surface area contributed by atoms with Gasteiger partial charge in [0, 0.05) is 32.7 Å². The minimum atomic E-state index is -0.314. The molecule has 0 atom stereocenters. The fourth-order valence-electron chi connectivity index (χ4n) is 4.09. The summed E-state index contributed by atoms with van der Waals surface area (Å²) in [5.41, 5.74) is 2.74. The SMILES string of the molecule is COc1ccccc1N1CCN(CCCOC(=O)c2cccc(OCc3ccccc3)c2)CC1. The highest BCUT2D eigenvalue weighted by molar-refractivity contribution is 5.89. The molecular weight excluding hydrogens is 428 g/mol. The molecule has 1 saturated heterocycles. The Morgan fingerprint density at radius 1 is 0.882 bits per heavy atom. The molecule has 0 bridgehead atoms. The van der Waals surface area contributed by atoms with Crippen LogP contribution in [0.1, 0.15) is 22.3 Å². The molecule has 178 valence electrons. The third-order valence-electron chi connectivity index (χ3n) is 5.97. The highest BCUT2D eigenvalue weighted by Gasteiger charge is 2.19. The number of carbonyl (C=O) groups is 1. The molecular formula is C28H32N2O4. The van der Waals surface area contributed by atoms with Crippen LogP contribution >= 0.6 is 0 Å². The molecule has 0 N–H and O–H groups in total. The van der Waals surface area contributed by atoms with Crippen molar-refractivity contribution in [3.63, 3.8) is 0 Å². The lowest BCUT2D eigenvalue weighted by Crippen LogP contribution is -2.46. The molecule has 4 rings (SSSR count). The molecule has 3 aromatic carbocycles. The van der Waals surface area contributed by atoms with Crippen LogP contribution in [0.25, 0.3) is 0 Å². The smallest absolute Gasteiger partial charge is 0.338 e. The van der Waals surface area contributed by atoms with Gasteiger partial charge in [-0.1, -0.05) is 48.5 Å². The van der Waals surface area contributed by atoms with Gasteiger partial charge in [0.1, 0.15) is 18.1 Å². The summed E-state index contributed by atoms with van der Waals surface area (Å²) in [6, 6.07) is 25.3. The maximum atomic E-state index is 12.5. The van der Waals surface area contributed by atoms with Crippen LogP contribution in [0.2, 0.25) is 0 Å². The summed E-state index contributed by atoms with van der Waals surface area (Å²) in [6.07, 6.45) is 0.810. The minimum absolute atomic E-state index is 0.314. The predicted molar refractivity (Wildman–Crippen MR) is 134 cm³/mol. The number of benzene rings is 3. The summed E-state index contributed by atoms with van der Waals surface area (Å²) in [4.78, 5) is 17.3. The molecule has 0 aliphatic carbocycles. The molecule has 0 aromatic heterocycles. The lowest BCUT2D eigenvalue weighted by atomic mass is 10.2. The first-order chi connectivity index (χ1) is 16.7. The molecule has 1 heterocycles. The van der Waals surface area contributed by atoms with E-state index in [1.165, 1.54) is 0 Å². The van der Waals surface area contributed by atoms with E-state index in [9.17, 15) is 4.79 Å². The zero-order valence-electron chi connectivity index (χ0n) is 19.7. The van der Waals surface area contributed by atoms with Gasteiger partial charge in [0.2, 0.25) is 0 Å². The quantitative estimate of drug-likeness (QED) is 0.324. The van der Waals surface area contributed by atoms with Crippen molar-refractivity contribution in [2.45, 2.75) is 13.0 Å². The molecule has 0 amide bonds. The molecule has 6 nitrogen and oxygen atoms in total. The number of carbonyl (C=O) groups excluding carboxylic acids is 1. The third kappa shape index (κ3) is 6.51. The molecule has 1 fully saturated rings. The van der Waals surface area contributed by atoms with Gasteiger partial charge >= 0.3 is 5.97 Å². The highest BCUT2D eigenvalue weighted by atomic mass is 16.5. The number of anilines is 1. The number of nitrogens with zero attached hydrogens (tertiary/aromatic N) is 2. The van der Waals surface area contributed by atoms with Crippen molar-refractivity contribution in [1.82, 2.24) is 4.90 Å². The fraction of sp³-hybridized carbons (Fsp3) is 0.321. The largest absolute Gasteiger partial charge is 0.495 e. The van der Waals surface area contributed by atoms with Crippen molar-refractivity contribution in [1.29, 1.82) is 0 Å². The first-order valence-corrected chi connectivity index (χ1v) is 11.8. The van der Waals surface area contributed by atoms with Crippen LogP contribution in [0, 0.1) is 0 Å². The molecule has 0 radical (unpaired) electrons. The van der Waals surface area contributed by atoms with Crippen LogP contribution in [0.5, 0.6) is 11.5 Å². The normalized spacial score (nSPS) is 14.0. The Morgan fingerprint density at radius 3 is 2.44 bits per heavy atom. The van der Waals surface area contributed by atoms with Crippen LogP contribution in [-0.2, 0) is 11.3 Å². The number of hydrogen-bond acceptors (Lipinski definition) is 6. The zero-order chi connectivity index (χ0) is 23.6. The maximum absolute atomic E-state index is 12.5. The first kappa shape index (κ1) is 23.6. The van der Waals surface area contributed by atoms with Crippen molar-refractivity contribution >= 4 is 11.7 Å². The topological polar surface area (TPSA) is 51.2 Å². The molecule has 1 aliphatic heterocycles. The minimum Gasteiger partial charge on any atom is -0.495 e. The van der Waals surface area contributed by atoms with E-state index in [0.717, 1.165) is 56.1 Å². The van der Waals surface area contributed by atoms with Crippen molar-refractivity contribution < 1.29 is 19.0 Å². The number of piperazine rings is 1. The summed E-state index contributed by atoms with van der Waals surface area (Å²) in [6.45, 7) is 5.64. The van der Waals surface area contributed by atoms with E-state index in [-0.39, 0.29) is 5.97 Å². The Balaban J connectivity index is 1.16. The van der Waals surface area contributed by atoms with Gasteiger partial charge in [0.15, 0.2) is 0 Å². The lowest BCUT2D eigenvalue weighted by Gasteiger charge is -2.36. The van der Waals surface area contributed by atoms with Gasteiger partial charge in [-0.05, 0) is 42.3 Å². The summed E-state index contributed by atoms with van der Waals surface area (Å²) >= 11 is 0. The van der Waals surface area contributed by atoms with Crippen molar-refractivity contribution in [2.75, 3.05) is 51.3 Å². The Kier molecular flexibility index (Phi) is 8.41. The highest BCUT2D eigenvalue weighted by Crippen LogP contribution is 2.28. The van der Waals surface area contributed by atoms with Crippen LogP contribution in [0.3, 0.4) is 0 Å². The zero-order valence-corrected chi connectivity index (χ0v) is 19.7. The Hall–Kier alpha value is -3.51. The average Bonchev–Trinajstić information content (AvgIpc) is 2.91. The second-order valence-electron chi connectivity index (χ2n) is 8.29. The molecule has 1 aliphatic rings. The number of esters is 1. The van der Waals surface area contributed by atoms with Gasteiger partial charge in [-0.3, -0.25) is 4.90 Å². The van der Waals surface area contributed by atoms with E-state index in [4.69, 9.17) is 14.2 Å². The second-order valence-corrected chi connectivity index (χ2v) is 8.29. The van der Waals surface area contributed by atoms with Gasteiger partial charge < -0.3 is 19.1 Å². The average molecular weight is 461 g/mol. The lowest BCUT2D eigenvalue weighted by molar-refractivity contribution is 0.0487. The molecule has 3 aromatic rings. The number of para-hydroxylation sites is 2. The van der Waals surface area contributed by atoms with E-state index in [0.29, 0.717) is 24.5 Å². The van der Waals surface area contributed by atoms with E-state index < -0.39 is 0 Å². The Bertz CT molecular complexity index is 1050. The van der Waals surface area contributed by atoms with Gasteiger partial charge in [-0.15, -0.1) is 0 Å². The number of methoxy groups -OCH3 is 1. The first-order valence-electron chi connectivity index (χ1n) is 11.8. The van der Waals surface area contributed by atoms with Gasteiger partial charge in [0.05, 0.1) is 25.0 Å². The van der Waals surface area contributed by atoms with Crippen LogP contribution in [0.15, 0.2) is 78.9 Å². The summed E-state index contributed by atoms with van der Waals surface area (Å²) < 4.78 is 16.8. The van der Waals surface area contributed by atoms with Crippen LogP contribution < -0.4 is 14.4 Å². The predicted octanol–water partition coefficient (Wildman–Crippen LogP) is 4.64. The Labute approximate surface area is 201 Å². The van der Waals surface area contributed by atoms with Gasteiger partial charge in [-0.25, -0.2) is 4.79 Å². The number of rotatable bonds is 10. The molecule has 0 saturated carbocycles. The van der Waals surface area contributed by atoms with E-state index in [1.807, 2.05) is 60.7 Å². The number of hydrogen-bond donors (Lipinski definition) is 0. The third-order valence-corrected chi connectivity index (χ3v) is 5.97. The van der Waals surface area contributed by atoms with Gasteiger partial charge in [0.25, 0.3) is 0 Å². The summed E-state index contributed by atoms with van der Waals surface area (Å²) in [5, 5.41) is 0. The van der Waals surface area contributed by atoms with Crippen LogP contribution in [0.4, 0.5) is 5.69 Å². The van der Waals surface area contributed by atoms with E-state index in [2.05, 4.69) is 15.9 Å².